The van der Waals surface area contributed by atoms with E-state index in [1.165, 1.54) is 5.32 Å². The molecule has 0 aromatic heterocycles. The molecule has 2 N–H and O–H groups in total. The Kier molecular flexibility index (Phi) is 3.52. The summed E-state index contributed by atoms with van der Waals surface area (Å²) < 4.78 is 5.61. The summed E-state index contributed by atoms with van der Waals surface area (Å²) in [5, 5.41) is 1.30. The molecule has 17 heavy (non-hydrogen) atoms. The number of carbonyl (C=O) groups excluding carboxylic acids is 1. The maximum absolute atomic E-state index is 11.3. The molecule has 0 unspecified atom stereocenters. The van der Waals surface area contributed by atoms with Crippen LogP contribution in [0.4, 0.5) is 0 Å². The van der Waals surface area contributed by atoms with Crippen LogP contribution in [-0.4, -0.2) is 5.91 Å². The zero-order valence-corrected chi connectivity index (χ0v) is 9.30. The van der Waals surface area contributed by atoms with Crippen LogP contribution in [0.15, 0.2) is 54.6 Å². The maximum atomic E-state index is 11.3. The normalized spacial score (nSPS) is 9.94. The minimum atomic E-state index is -0.0868. The van der Waals surface area contributed by atoms with Gasteiger partial charge in [0.2, 0.25) is 0 Å². The number of benzene rings is 2. The molecule has 0 heterocycles. The topological polar surface area (TPSA) is 42.9 Å². The Morgan fingerprint density at radius 2 is 1.53 bits per heavy atom. The highest BCUT2D eigenvalue weighted by Crippen LogP contribution is 2.20. The molecular formula is C14H13NO2. The van der Waals surface area contributed by atoms with E-state index in [0.717, 1.165) is 5.75 Å². The number of para-hydroxylation sites is 1. The quantitative estimate of drug-likeness (QED) is 0.815. The standard InChI is InChI=1S/C14H13NO2/c1-15-14(16)11-7-9-13(10-8-11)17-12-5-3-2-4-6-12/h2-10H,1,15H2. The van der Waals surface area contributed by atoms with Crippen LogP contribution in [0.5, 0.6) is 11.5 Å². The molecule has 0 saturated carbocycles. The lowest BCUT2D eigenvalue weighted by Gasteiger charge is -2.05. The average Bonchev–Trinajstić information content (AvgIpc) is 2.40. The van der Waals surface area contributed by atoms with Gasteiger partial charge in [-0.2, -0.15) is 0 Å². The van der Waals surface area contributed by atoms with E-state index >= 15 is 0 Å². The van der Waals surface area contributed by atoms with Crippen molar-refractivity contribution in [2.24, 2.45) is 0 Å². The summed E-state index contributed by atoms with van der Waals surface area (Å²) in [4.78, 5) is 11.3. The second-order valence-electron chi connectivity index (χ2n) is 3.51. The summed E-state index contributed by atoms with van der Waals surface area (Å²) in [6.07, 6.45) is 0. The number of ether oxygens (including phenoxy) is 1. The highest BCUT2D eigenvalue weighted by atomic mass is 16.5. The lowest BCUT2D eigenvalue weighted by atomic mass is 10.2. The van der Waals surface area contributed by atoms with E-state index in [4.69, 9.17) is 4.74 Å². The van der Waals surface area contributed by atoms with Gasteiger partial charge in [-0.25, -0.2) is 4.79 Å². The molecule has 3 heteroatoms. The lowest BCUT2D eigenvalue weighted by Crippen LogP contribution is -2.81. The van der Waals surface area contributed by atoms with Gasteiger partial charge in [0.25, 0.3) is 0 Å². The number of quaternary nitrogens is 1. The second kappa shape index (κ2) is 5.27. The van der Waals surface area contributed by atoms with Crippen LogP contribution in [0, 0.1) is 7.05 Å². The molecule has 0 radical (unpaired) electrons. The van der Waals surface area contributed by atoms with Crippen molar-refractivity contribution >= 4 is 5.91 Å². The monoisotopic (exact) mass is 227 g/mol. The van der Waals surface area contributed by atoms with E-state index < -0.39 is 0 Å². The molecule has 1 amide bonds. The van der Waals surface area contributed by atoms with Crippen LogP contribution in [0.2, 0.25) is 0 Å². The van der Waals surface area contributed by atoms with Crippen LogP contribution < -0.4 is 10.1 Å². The van der Waals surface area contributed by atoms with Gasteiger partial charge in [-0.3, -0.25) is 0 Å². The van der Waals surface area contributed by atoms with Crippen molar-refractivity contribution in [3.63, 3.8) is 0 Å². The number of hydrogen-bond acceptors (Lipinski definition) is 2. The van der Waals surface area contributed by atoms with Crippen molar-refractivity contribution in [3.05, 3.63) is 67.2 Å². The van der Waals surface area contributed by atoms with E-state index in [-0.39, 0.29) is 5.91 Å². The Bertz CT molecular complexity index is 491. The van der Waals surface area contributed by atoms with E-state index in [0.29, 0.717) is 11.3 Å². The molecule has 2 aromatic rings. The summed E-state index contributed by atoms with van der Waals surface area (Å²) in [5.74, 6) is 1.39. The number of rotatable bonds is 3. The third-order valence-electron chi connectivity index (χ3n) is 2.30. The third kappa shape index (κ3) is 2.92. The summed E-state index contributed by atoms with van der Waals surface area (Å²) in [6.45, 7) is 0. The van der Waals surface area contributed by atoms with Crippen LogP contribution in [0.3, 0.4) is 0 Å². The van der Waals surface area contributed by atoms with Gasteiger partial charge >= 0.3 is 5.91 Å². The first-order chi connectivity index (χ1) is 8.29. The van der Waals surface area contributed by atoms with Gasteiger partial charge < -0.3 is 10.1 Å². The van der Waals surface area contributed by atoms with Crippen molar-refractivity contribution in [2.45, 2.75) is 0 Å². The molecule has 0 saturated heterocycles. The van der Waals surface area contributed by atoms with Crippen LogP contribution in [0.1, 0.15) is 10.4 Å². The van der Waals surface area contributed by atoms with Gasteiger partial charge in [0, 0.05) is 0 Å². The Hall–Kier alpha value is -2.13. The van der Waals surface area contributed by atoms with Gasteiger partial charge in [0.1, 0.15) is 11.5 Å². The molecule has 0 bridgehead atoms. The van der Waals surface area contributed by atoms with Crippen LogP contribution >= 0.6 is 0 Å². The van der Waals surface area contributed by atoms with Crippen molar-refractivity contribution < 1.29 is 14.8 Å². The molecular weight excluding hydrogens is 214 g/mol. The summed E-state index contributed by atoms with van der Waals surface area (Å²) in [6, 6.07) is 16.5. The third-order valence-corrected chi connectivity index (χ3v) is 2.30. The molecule has 0 aliphatic carbocycles. The van der Waals surface area contributed by atoms with Crippen LogP contribution in [0.25, 0.3) is 0 Å². The number of nitrogens with two attached hydrogens (primary N) is 1. The molecule has 2 aromatic carbocycles. The summed E-state index contributed by atoms with van der Waals surface area (Å²) in [7, 11) is 3.45. The summed E-state index contributed by atoms with van der Waals surface area (Å²) >= 11 is 0. The molecule has 0 spiro atoms. The largest absolute Gasteiger partial charge is 0.457 e. The van der Waals surface area contributed by atoms with Crippen molar-refractivity contribution in [1.82, 2.24) is 0 Å². The predicted octanol–water partition coefficient (Wildman–Crippen LogP) is 1.97. The van der Waals surface area contributed by atoms with Crippen LogP contribution in [-0.2, 0) is 0 Å². The smallest absolute Gasteiger partial charge is 0.316 e. The summed E-state index contributed by atoms with van der Waals surface area (Å²) in [5.41, 5.74) is 0.611. The molecule has 0 aliphatic rings. The Morgan fingerprint density at radius 3 is 2.12 bits per heavy atom. The fourth-order valence-corrected chi connectivity index (χ4v) is 1.43. The van der Waals surface area contributed by atoms with E-state index in [1.54, 1.807) is 24.3 Å². The van der Waals surface area contributed by atoms with Crippen molar-refractivity contribution in [2.75, 3.05) is 0 Å². The predicted molar refractivity (Wildman–Crippen MR) is 64.6 cm³/mol. The molecule has 0 fully saturated rings. The van der Waals surface area contributed by atoms with Gasteiger partial charge in [-0.05, 0) is 36.4 Å². The zero-order valence-electron chi connectivity index (χ0n) is 9.30. The minimum Gasteiger partial charge on any atom is -0.457 e. The highest BCUT2D eigenvalue weighted by Gasteiger charge is 2.04. The number of carbonyl (C=O) groups is 1. The van der Waals surface area contributed by atoms with Gasteiger partial charge in [0.15, 0.2) is 0 Å². The Morgan fingerprint density at radius 1 is 0.941 bits per heavy atom. The van der Waals surface area contributed by atoms with Crippen molar-refractivity contribution in [1.29, 1.82) is 0 Å². The first-order valence-electron chi connectivity index (χ1n) is 5.29. The molecule has 0 atom stereocenters. The average molecular weight is 227 g/mol. The Labute approximate surface area is 100 Å². The SMILES string of the molecule is [CH2-][NH2+]C(=O)c1ccc(Oc2ccccc2)cc1. The molecule has 3 nitrogen and oxygen atoms in total. The van der Waals surface area contributed by atoms with E-state index in [2.05, 4.69) is 7.05 Å². The van der Waals surface area contributed by atoms with Gasteiger partial charge in [-0.15, -0.1) is 7.05 Å². The fraction of sp³-hybridized carbons (Fsp3) is 0. The zero-order chi connectivity index (χ0) is 12.1. The number of hydrogen-bond donors (Lipinski definition) is 1. The lowest BCUT2D eigenvalue weighted by molar-refractivity contribution is -0.489. The molecule has 86 valence electrons. The fourth-order valence-electron chi connectivity index (χ4n) is 1.43. The Balaban J connectivity index is 2.11. The highest BCUT2D eigenvalue weighted by molar-refractivity contribution is 5.86. The minimum absolute atomic E-state index is 0.0868. The number of amides is 1. The molecule has 2 rings (SSSR count). The number of primary amides is 1. The van der Waals surface area contributed by atoms with Crippen molar-refractivity contribution in [3.8, 4) is 11.5 Å². The van der Waals surface area contributed by atoms with Gasteiger partial charge in [0.05, 0.1) is 5.56 Å². The first-order valence-corrected chi connectivity index (χ1v) is 5.29. The van der Waals surface area contributed by atoms with Gasteiger partial charge in [-0.1, -0.05) is 18.2 Å². The second-order valence-corrected chi connectivity index (χ2v) is 3.51. The first kappa shape index (κ1) is 11.4. The molecule has 0 aliphatic heterocycles. The van der Waals surface area contributed by atoms with E-state index in [1.807, 2.05) is 30.3 Å². The van der Waals surface area contributed by atoms with E-state index in [9.17, 15) is 4.79 Å². The maximum Gasteiger partial charge on any atom is 0.316 e.